The molecule has 80 valence electrons. The van der Waals surface area contributed by atoms with Crippen LogP contribution in [0.1, 0.15) is 19.3 Å². The number of amides is 1. The number of rotatable bonds is 2. The Morgan fingerprint density at radius 3 is 3.07 bits per heavy atom. The number of methoxy groups -OCH3 is 1. The van der Waals surface area contributed by atoms with Crippen molar-refractivity contribution in [1.82, 2.24) is 10.2 Å². The predicted octanol–water partition coefficient (Wildman–Crippen LogP) is -0.0127. The van der Waals surface area contributed by atoms with E-state index in [-0.39, 0.29) is 18.1 Å². The molecular weight excluding hydrogens is 180 g/mol. The third kappa shape index (κ3) is 1.53. The summed E-state index contributed by atoms with van der Waals surface area (Å²) in [5.74, 6) is 0.147. The summed E-state index contributed by atoms with van der Waals surface area (Å²) in [6, 6.07) is 0. The van der Waals surface area contributed by atoms with E-state index in [4.69, 9.17) is 4.74 Å². The summed E-state index contributed by atoms with van der Waals surface area (Å²) < 4.78 is 4.91. The van der Waals surface area contributed by atoms with Gasteiger partial charge in [0, 0.05) is 20.2 Å². The molecule has 14 heavy (non-hydrogen) atoms. The smallest absolute Gasteiger partial charge is 0.249 e. The molecule has 2 heterocycles. The SMILES string of the molecule is COCC(=O)N1CCC[C@@]12CCNC2. The highest BCUT2D eigenvalue weighted by molar-refractivity contribution is 5.78. The molecule has 1 amide bonds. The lowest BCUT2D eigenvalue weighted by atomic mass is 9.95. The van der Waals surface area contributed by atoms with E-state index in [1.807, 2.05) is 4.90 Å². The molecule has 2 fully saturated rings. The quantitative estimate of drug-likeness (QED) is 0.678. The molecule has 0 aromatic carbocycles. The number of carbonyl (C=O) groups excluding carboxylic acids is 1. The summed E-state index contributed by atoms with van der Waals surface area (Å²) in [4.78, 5) is 13.8. The van der Waals surface area contributed by atoms with Crippen molar-refractivity contribution in [3.63, 3.8) is 0 Å². The summed E-state index contributed by atoms with van der Waals surface area (Å²) in [7, 11) is 1.58. The van der Waals surface area contributed by atoms with Gasteiger partial charge in [-0.1, -0.05) is 0 Å². The van der Waals surface area contributed by atoms with E-state index < -0.39 is 0 Å². The maximum absolute atomic E-state index is 11.8. The van der Waals surface area contributed by atoms with E-state index >= 15 is 0 Å². The number of ether oxygens (including phenoxy) is 1. The molecule has 2 saturated heterocycles. The molecule has 2 rings (SSSR count). The molecule has 0 aromatic rings. The van der Waals surface area contributed by atoms with Crippen molar-refractivity contribution >= 4 is 5.91 Å². The minimum atomic E-state index is 0.121. The van der Waals surface area contributed by atoms with Gasteiger partial charge in [0.2, 0.25) is 5.91 Å². The first-order valence-corrected chi connectivity index (χ1v) is 5.29. The van der Waals surface area contributed by atoms with Crippen molar-refractivity contribution in [2.24, 2.45) is 0 Å². The van der Waals surface area contributed by atoms with Crippen LogP contribution in [0.2, 0.25) is 0 Å². The third-order valence-electron chi connectivity index (χ3n) is 3.39. The van der Waals surface area contributed by atoms with Crippen molar-refractivity contribution in [2.45, 2.75) is 24.8 Å². The lowest BCUT2D eigenvalue weighted by molar-refractivity contribution is -0.138. The molecule has 0 aliphatic carbocycles. The zero-order chi connectivity index (χ0) is 10.0. The fraction of sp³-hybridized carbons (Fsp3) is 0.900. The Kier molecular flexibility index (Phi) is 2.74. The van der Waals surface area contributed by atoms with Gasteiger partial charge in [-0.05, 0) is 25.8 Å². The first-order chi connectivity index (χ1) is 6.78. The molecular formula is C10H18N2O2. The minimum absolute atomic E-state index is 0.121. The van der Waals surface area contributed by atoms with Crippen molar-refractivity contribution in [2.75, 3.05) is 33.4 Å². The summed E-state index contributed by atoms with van der Waals surface area (Å²) in [5, 5.41) is 3.35. The normalized spacial score (nSPS) is 31.6. The Morgan fingerprint density at radius 2 is 2.43 bits per heavy atom. The van der Waals surface area contributed by atoms with Gasteiger partial charge in [-0.15, -0.1) is 0 Å². The van der Waals surface area contributed by atoms with Crippen molar-refractivity contribution in [3.8, 4) is 0 Å². The maximum Gasteiger partial charge on any atom is 0.249 e. The second kappa shape index (κ2) is 3.87. The maximum atomic E-state index is 11.8. The number of nitrogens with one attached hydrogen (secondary N) is 1. The number of hydrogen-bond donors (Lipinski definition) is 1. The van der Waals surface area contributed by atoms with Gasteiger partial charge in [0.05, 0.1) is 5.54 Å². The van der Waals surface area contributed by atoms with E-state index in [0.717, 1.165) is 38.9 Å². The molecule has 0 saturated carbocycles. The van der Waals surface area contributed by atoms with E-state index in [2.05, 4.69) is 5.32 Å². The summed E-state index contributed by atoms with van der Waals surface area (Å²) in [6.45, 7) is 3.13. The summed E-state index contributed by atoms with van der Waals surface area (Å²) in [5.41, 5.74) is 0.121. The lowest BCUT2D eigenvalue weighted by Crippen LogP contribution is -2.49. The van der Waals surface area contributed by atoms with E-state index in [9.17, 15) is 4.79 Å². The Balaban J connectivity index is 2.06. The summed E-state index contributed by atoms with van der Waals surface area (Å²) in [6.07, 6.45) is 3.38. The van der Waals surface area contributed by atoms with Crippen LogP contribution in [0, 0.1) is 0 Å². The first kappa shape index (κ1) is 9.93. The van der Waals surface area contributed by atoms with Gasteiger partial charge < -0.3 is 15.0 Å². The molecule has 0 aromatic heterocycles. The number of hydrogen-bond acceptors (Lipinski definition) is 3. The van der Waals surface area contributed by atoms with Crippen LogP contribution in [-0.2, 0) is 9.53 Å². The molecule has 0 radical (unpaired) electrons. The molecule has 2 aliphatic heterocycles. The molecule has 4 heteroatoms. The van der Waals surface area contributed by atoms with E-state index in [1.165, 1.54) is 0 Å². The molecule has 0 bridgehead atoms. The average molecular weight is 198 g/mol. The van der Waals surface area contributed by atoms with Crippen LogP contribution < -0.4 is 5.32 Å². The van der Waals surface area contributed by atoms with Crippen molar-refractivity contribution in [1.29, 1.82) is 0 Å². The van der Waals surface area contributed by atoms with Gasteiger partial charge in [0.1, 0.15) is 6.61 Å². The van der Waals surface area contributed by atoms with Crippen LogP contribution in [0.4, 0.5) is 0 Å². The highest BCUT2D eigenvalue weighted by Crippen LogP contribution is 2.34. The van der Waals surface area contributed by atoms with Crippen LogP contribution in [-0.4, -0.2) is 49.7 Å². The van der Waals surface area contributed by atoms with E-state index in [0.29, 0.717) is 0 Å². The van der Waals surface area contributed by atoms with Crippen LogP contribution in [0.5, 0.6) is 0 Å². The lowest BCUT2D eigenvalue weighted by Gasteiger charge is -2.34. The molecule has 4 nitrogen and oxygen atoms in total. The van der Waals surface area contributed by atoms with Crippen LogP contribution in [0.25, 0.3) is 0 Å². The van der Waals surface area contributed by atoms with Crippen LogP contribution >= 0.6 is 0 Å². The highest BCUT2D eigenvalue weighted by Gasteiger charge is 2.45. The predicted molar refractivity (Wildman–Crippen MR) is 53.0 cm³/mol. The van der Waals surface area contributed by atoms with Gasteiger partial charge in [-0.25, -0.2) is 0 Å². The zero-order valence-electron chi connectivity index (χ0n) is 8.71. The second-order valence-electron chi connectivity index (χ2n) is 4.23. The average Bonchev–Trinajstić information content (AvgIpc) is 2.78. The minimum Gasteiger partial charge on any atom is -0.375 e. The van der Waals surface area contributed by atoms with Gasteiger partial charge in [0.25, 0.3) is 0 Å². The molecule has 1 atom stereocenters. The summed E-state index contributed by atoms with van der Waals surface area (Å²) >= 11 is 0. The standard InChI is InChI=1S/C10H18N2O2/c1-14-7-9(13)12-6-2-3-10(12)4-5-11-8-10/h11H,2-8H2,1H3/t10-/m0/s1. The molecule has 1 spiro atoms. The Morgan fingerprint density at radius 1 is 1.57 bits per heavy atom. The molecule has 1 N–H and O–H groups in total. The fourth-order valence-corrected chi connectivity index (χ4v) is 2.70. The number of nitrogens with zero attached hydrogens (tertiary/aromatic N) is 1. The van der Waals surface area contributed by atoms with Gasteiger partial charge >= 0.3 is 0 Å². The number of carbonyl (C=O) groups is 1. The fourth-order valence-electron chi connectivity index (χ4n) is 2.70. The number of likely N-dealkylation sites (tertiary alicyclic amines) is 1. The third-order valence-corrected chi connectivity index (χ3v) is 3.39. The van der Waals surface area contributed by atoms with Gasteiger partial charge in [-0.2, -0.15) is 0 Å². The molecule has 0 unspecified atom stereocenters. The van der Waals surface area contributed by atoms with Crippen LogP contribution in [0.15, 0.2) is 0 Å². The van der Waals surface area contributed by atoms with Crippen molar-refractivity contribution in [3.05, 3.63) is 0 Å². The van der Waals surface area contributed by atoms with Crippen molar-refractivity contribution < 1.29 is 9.53 Å². The van der Waals surface area contributed by atoms with Crippen LogP contribution in [0.3, 0.4) is 0 Å². The monoisotopic (exact) mass is 198 g/mol. The Hall–Kier alpha value is -0.610. The van der Waals surface area contributed by atoms with Gasteiger partial charge in [-0.3, -0.25) is 4.79 Å². The Labute approximate surface area is 84.6 Å². The van der Waals surface area contributed by atoms with Gasteiger partial charge in [0.15, 0.2) is 0 Å². The van der Waals surface area contributed by atoms with E-state index in [1.54, 1.807) is 7.11 Å². The Bertz CT molecular complexity index is 219. The first-order valence-electron chi connectivity index (χ1n) is 5.29. The highest BCUT2D eigenvalue weighted by atomic mass is 16.5. The topological polar surface area (TPSA) is 41.6 Å². The molecule has 2 aliphatic rings. The largest absolute Gasteiger partial charge is 0.375 e. The second-order valence-corrected chi connectivity index (χ2v) is 4.23. The zero-order valence-corrected chi connectivity index (χ0v) is 8.71.